The molecule has 1 atom stereocenters. The monoisotopic (exact) mass is 181 g/mol. The summed E-state index contributed by atoms with van der Waals surface area (Å²) >= 11 is 0. The molecule has 1 aromatic carbocycles. The number of hydrogen-bond donors (Lipinski definition) is 0. The highest BCUT2D eigenvalue weighted by Gasteiger charge is 2.28. The standard InChI is InChI=1S/C8H8FN3O/c9-7-3-1-2-4-8(7)12(13)6-5-10-11-12/h1-4H,5-6H2. The van der Waals surface area contributed by atoms with E-state index in [1.807, 2.05) is 0 Å². The van der Waals surface area contributed by atoms with E-state index in [4.69, 9.17) is 0 Å². The van der Waals surface area contributed by atoms with Crippen LogP contribution in [0, 0.1) is 11.0 Å². The van der Waals surface area contributed by atoms with Crippen LogP contribution in [0.4, 0.5) is 10.1 Å². The van der Waals surface area contributed by atoms with E-state index in [1.54, 1.807) is 6.07 Å². The van der Waals surface area contributed by atoms with Gasteiger partial charge in [-0.05, 0) is 6.07 Å². The number of benzene rings is 1. The zero-order valence-electron chi connectivity index (χ0n) is 6.85. The fourth-order valence-corrected chi connectivity index (χ4v) is 1.28. The van der Waals surface area contributed by atoms with Crippen molar-refractivity contribution in [3.05, 3.63) is 35.3 Å². The van der Waals surface area contributed by atoms with Gasteiger partial charge in [-0.1, -0.05) is 12.1 Å². The Hall–Kier alpha value is -1.33. The molecule has 5 heteroatoms. The Morgan fingerprint density at radius 1 is 1.38 bits per heavy atom. The molecule has 1 aliphatic rings. The third kappa shape index (κ3) is 1.32. The maximum atomic E-state index is 13.2. The molecule has 0 radical (unpaired) electrons. The quantitative estimate of drug-likeness (QED) is 0.483. The van der Waals surface area contributed by atoms with E-state index in [9.17, 15) is 9.60 Å². The van der Waals surface area contributed by atoms with Crippen molar-refractivity contribution < 1.29 is 4.39 Å². The Kier molecular flexibility index (Phi) is 1.82. The predicted molar refractivity (Wildman–Crippen MR) is 46.2 cm³/mol. The van der Waals surface area contributed by atoms with Crippen LogP contribution in [0.25, 0.3) is 0 Å². The predicted octanol–water partition coefficient (Wildman–Crippen LogP) is 2.01. The molecule has 1 unspecified atom stereocenters. The van der Waals surface area contributed by atoms with Gasteiger partial charge in [0, 0.05) is 11.3 Å². The summed E-state index contributed by atoms with van der Waals surface area (Å²) < 4.78 is 12.1. The molecular weight excluding hydrogens is 173 g/mol. The second kappa shape index (κ2) is 2.86. The van der Waals surface area contributed by atoms with Crippen molar-refractivity contribution >= 4 is 5.69 Å². The molecular formula is C8H8FN3O. The second-order valence-corrected chi connectivity index (χ2v) is 2.83. The van der Waals surface area contributed by atoms with Crippen LogP contribution in [-0.4, -0.2) is 13.1 Å². The fourth-order valence-electron chi connectivity index (χ4n) is 1.28. The number of hydroxylamine groups is 1. The summed E-state index contributed by atoms with van der Waals surface area (Å²) in [4.78, 5) is 0. The normalized spacial score (nSPS) is 26.6. The highest BCUT2D eigenvalue weighted by atomic mass is 19.1. The smallest absolute Gasteiger partial charge is 0.197 e. The third-order valence-corrected chi connectivity index (χ3v) is 1.94. The first-order valence-corrected chi connectivity index (χ1v) is 3.95. The van der Waals surface area contributed by atoms with Crippen molar-refractivity contribution in [2.45, 2.75) is 0 Å². The van der Waals surface area contributed by atoms with Crippen molar-refractivity contribution in [3.8, 4) is 0 Å². The van der Waals surface area contributed by atoms with Crippen molar-refractivity contribution in [1.29, 1.82) is 0 Å². The topological polar surface area (TPSA) is 47.8 Å². The van der Waals surface area contributed by atoms with Gasteiger partial charge < -0.3 is 5.21 Å². The van der Waals surface area contributed by atoms with Crippen LogP contribution in [-0.2, 0) is 0 Å². The number of para-hydroxylation sites is 1. The van der Waals surface area contributed by atoms with Gasteiger partial charge in [0.25, 0.3) is 0 Å². The molecule has 0 fully saturated rings. The first-order valence-electron chi connectivity index (χ1n) is 3.95. The van der Waals surface area contributed by atoms with E-state index in [1.165, 1.54) is 18.2 Å². The van der Waals surface area contributed by atoms with Gasteiger partial charge in [-0.3, -0.25) is 0 Å². The summed E-state index contributed by atoms with van der Waals surface area (Å²) in [5, 5.41) is 18.8. The number of quaternary nitrogens is 1. The van der Waals surface area contributed by atoms with Crippen LogP contribution >= 0.6 is 0 Å². The lowest BCUT2D eigenvalue weighted by molar-refractivity contribution is 0.412. The Labute approximate surface area is 74.5 Å². The van der Waals surface area contributed by atoms with Gasteiger partial charge >= 0.3 is 0 Å². The maximum Gasteiger partial charge on any atom is 0.197 e. The van der Waals surface area contributed by atoms with Crippen LogP contribution < -0.4 is 4.76 Å². The number of nitrogens with zero attached hydrogens (tertiary/aromatic N) is 3. The molecule has 1 aliphatic heterocycles. The summed E-state index contributed by atoms with van der Waals surface area (Å²) in [5.74, 6) is -0.529. The summed E-state index contributed by atoms with van der Waals surface area (Å²) in [6.07, 6.45) is 0. The lowest BCUT2D eigenvalue weighted by atomic mass is 10.3. The molecule has 0 spiro atoms. The summed E-state index contributed by atoms with van der Waals surface area (Å²) in [5.41, 5.74) is 0.0313. The third-order valence-electron chi connectivity index (χ3n) is 1.94. The molecule has 0 saturated heterocycles. The van der Waals surface area contributed by atoms with E-state index in [2.05, 4.69) is 10.3 Å². The Balaban J connectivity index is 2.45. The first kappa shape index (κ1) is 8.28. The van der Waals surface area contributed by atoms with Gasteiger partial charge in [0.1, 0.15) is 13.1 Å². The number of hydrogen-bond acceptors (Lipinski definition) is 3. The maximum absolute atomic E-state index is 13.2. The molecule has 13 heavy (non-hydrogen) atoms. The fraction of sp³-hybridized carbons (Fsp3) is 0.250. The minimum atomic E-state index is -1.02. The Bertz CT molecular complexity index is 355. The van der Waals surface area contributed by atoms with Crippen LogP contribution in [0.1, 0.15) is 0 Å². The number of rotatable bonds is 1. The first-order chi connectivity index (χ1) is 6.22. The molecule has 0 saturated carbocycles. The molecule has 2 rings (SSSR count). The Morgan fingerprint density at radius 3 is 2.77 bits per heavy atom. The van der Waals surface area contributed by atoms with E-state index < -0.39 is 10.6 Å². The van der Waals surface area contributed by atoms with E-state index in [0.717, 1.165) is 0 Å². The minimum Gasteiger partial charge on any atom is -0.598 e. The molecule has 0 bridgehead atoms. The van der Waals surface area contributed by atoms with Gasteiger partial charge in [0.2, 0.25) is 0 Å². The number of halogens is 1. The molecule has 0 amide bonds. The zero-order chi connectivity index (χ0) is 9.31. The van der Waals surface area contributed by atoms with Crippen molar-refractivity contribution in [3.63, 3.8) is 0 Å². The lowest BCUT2D eigenvalue weighted by Gasteiger charge is -2.29. The molecule has 1 heterocycles. The average Bonchev–Trinajstić information content (AvgIpc) is 2.54. The summed E-state index contributed by atoms with van der Waals surface area (Å²) in [6.45, 7) is 0.540. The van der Waals surface area contributed by atoms with Crippen molar-refractivity contribution in [2.24, 2.45) is 10.3 Å². The highest BCUT2D eigenvalue weighted by Crippen LogP contribution is 2.28. The largest absolute Gasteiger partial charge is 0.598 e. The average molecular weight is 181 g/mol. The van der Waals surface area contributed by atoms with E-state index in [0.29, 0.717) is 6.54 Å². The van der Waals surface area contributed by atoms with Gasteiger partial charge in [0.05, 0.1) is 0 Å². The van der Waals surface area contributed by atoms with Crippen LogP contribution in [0.15, 0.2) is 34.6 Å². The summed E-state index contributed by atoms with van der Waals surface area (Å²) in [7, 11) is 0. The van der Waals surface area contributed by atoms with Gasteiger partial charge in [-0.25, -0.2) is 4.39 Å². The Morgan fingerprint density at radius 2 is 2.15 bits per heavy atom. The van der Waals surface area contributed by atoms with Crippen LogP contribution in [0.5, 0.6) is 0 Å². The molecule has 68 valence electrons. The lowest BCUT2D eigenvalue weighted by Crippen LogP contribution is -2.36. The minimum absolute atomic E-state index is 0.0313. The van der Waals surface area contributed by atoms with E-state index >= 15 is 0 Å². The molecule has 4 nitrogen and oxygen atoms in total. The van der Waals surface area contributed by atoms with E-state index in [-0.39, 0.29) is 12.2 Å². The molecule has 0 N–H and O–H groups in total. The van der Waals surface area contributed by atoms with Crippen molar-refractivity contribution in [2.75, 3.05) is 13.1 Å². The SMILES string of the molecule is [O-][N+]1(c2ccccc2F)CCN=N1. The highest BCUT2D eigenvalue weighted by molar-refractivity contribution is 5.44. The zero-order valence-corrected chi connectivity index (χ0v) is 6.85. The molecule has 0 aromatic heterocycles. The van der Waals surface area contributed by atoms with Gasteiger partial charge in [-0.15, -0.1) is 5.11 Å². The van der Waals surface area contributed by atoms with Crippen molar-refractivity contribution in [1.82, 2.24) is 4.76 Å². The molecule has 1 aromatic rings. The van der Waals surface area contributed by atoms with Crippen LogP contribution in [0.3, 0.4) is 0 Å². The van der Waals surface area contributed by atoms with Crippen LogP contribution in [0.2, 0.25) is 0 Å². The van der Waals surface area contributed by atoms with Gasteiger partial charge in [0.15, 0.2) is 11.5 Å². The second-order valence-electron chi connectivity index (χ2n) is 2.83. The molecule has 0 aliphatic carbocycles. The van der Waals surface area contributed by atoms with Gasteiger partial charge in [-0.2, -0.15) is 4.76 Å². The summed E-state index contributed by atoms with van der Waals surface area (Å²) in [6, 6.07) is 5.84.